The van der Waals surface area contributed by atoms with E-state index in [9.17, 15) is 10.1 Å². The summed E-state index contributed by atoms with van der Waals surface area (Å²) in [5.41, 5.74) is 8.50. The molecule has 8 nitrogen and oxygen atoms in total. The van der Waals surface area contributed by atoms with Crippen molar-refractivity contribution in [3.8, 4) is 34.0 Å². The number of carbonyl (C=O) groups excluding carboxylic acids is 1. The van der Waals surface area contributed by atoms with Gasteiger partial charge in [0.25, 0.3) is 5.91 Å². The summed E-state index contributed by atoms with van der Waals surface area (Å²) in [6, 6.07) is 26.2. The van der Waals surface area contributed by atoms with E-state index in [1.807, 2.05) is 80.6 Å². The highest BCUT2D eigenvalue weighted by atomic mass is 16.1. The molecule has 1 aliphatic rings. The van der Waals surface area contributed by atoms with E-state index >= 15 is 0 Å². The monoisotopic (exact) mass is 595 g/mol. The Morgan fingerprint density at radius 2 is 1.60 bits per heavy atom. The van der Waals surface area contributed by atoms with Gasteiger partial charge in [-0.05, 0) is 87.0 Å². The minimum atomic E-state index is -0.685. The molecule has 226 valence electrons. The topological polar surface area (TPSA) is 90.1 Å². The Bertz CT molecular complexity index is 1880. The molecule has 1 fully saturated rings. The molecule has 5 aromatic rings. The zero-order valence-electron chi connectivity index (χ0n) is 26.2. The fraction of sp³-hybridized carbons (Fsp3) is 0.243. The van der Waals surface area contributed by atoms with Gasteiger partial charge in [0.1, 0.15) is 0 Å². The molecule has 0 unspecified atom stereocenters. The van der Waals surface area contributed by atoms with Crippen LogP contribution in [0.15, 0.2) is 97.6 Å². The Labute approximate surface area is 264 Å². The van der Waals surface area contributed by atoms with Gasteiger partial charge in [-0.15, -0.1) is 0 Å². The highest BCUT2D eigenvalue weighted by molar-refractivity contribution is 6.04. The Balaban J connectivity index is 1.19. The molecule has 1 N–H and O–H groups in total. The minimum Gasteiger partial charge on any atom is -0.369 e. The second-order valence-corrected chi connectivity index (χ2v) is 12.2. The summed E-state index contributed by atoms with van der Waals surface area (Å²) in [5.74, 6) is -0.235. The summed E-state index contributed by atoms with van der Waals surface area (Å²) in [4.78, 5) is 22.5. The number of nitrogens with one attached hydrogen (secondary N) is 1. The number of aryl methyl sites for hydroxylation is 1. The van der Waals surface area contributed by atoms with E-state index in [1.165, 1.54) is 5.69 Å². The maximum atomic E-state index is 13.1. The third kappa shape index (κ3) is 6.49. The summed E-state index contributed by atoms with van der Waals surface area (Å²) in [7, 11) is 2.17. The van der Waals surface area contributed by atoms with Crippen LogP contribution >= 0.6 is 0 Å². The predicted molar refractivity (Wildman–Crippen MR) is 180 cm³/mol. The lowest BCUT2D eigenvalue weighted by molar-refractivity contribution is 0.102. The summed E-state index contributed by atoms with van der Waals surface area (Å²) in [6.07, 6.45) is 7.57. The number of hydrogen-bond donors (Lipinski definition) is 1. The van der Waals surface area contributed by atoms with Crippen molar-refractivity contribution in [3.05, 3.63) is 114 Å². The number of nitriles is 1. The Morgan fingerprint density at radius 3 is 2.33 bits per heavy atom. The lowest BCUT2D eigenvalue weighted by Crippen LogP contribution is -2.44. The first-order valence-electron chi connectivity index (χ1n) is 15.2. The standard InChI is InChI=1S/C37H37N7O/c1-26-8-11-33(41-36(45)28-6-5-7-32(19-28)37(2,3)25-38)20-35(26)44-24-31(23-40-44)30-18-29(21-39-22-30)27-9-12-34(13-10-27)43-16-14-42(4)15-17-43/h5-13,18-24H,14-17H2,1-4H3,(H,41,45). The molecule has 0 aliphatic carbocycles. The smallest absolute Gasteiger partial charge is 0.255 e. The number of nitrogens with zero attached hydrogens (tertiary/aromatic N) is 6. The van der Waals surface area contributed by atoms with E-state index in [0.717, 1.165) is 65.2 Å². The second kappa shape index (κ2) is 12.4. The number of pyridine rings is 1. The van der Waals surface area contributed by atoms with Gasteiger partial charge < -0.3 is 15.1 Å². The average molecular weight is 596 g/mol. The summed E-state index contributed by atoms with van der Waals surface area (Å²) >= 11 is 0. The van der Waals surface area contributed by atoms with Crippen LogP contribution in [0.2, 0.25) is 0 Å². The van der Waals surface area contributed by atoms with E-state index < -0.39 is 5.41 Å². The largest absolute Gasteiger partial charge is 0.369 e. The summed E-state index contributed by atoms with van der Waals surface area (Å²) < 4.78 is 1.83. The van der Waals surface area contributed by atoms with Crippen LogP contribution in [0, 0.1) is 18.3 Å². The molecule has 2 aromatic heterocycles. The van der Waals surface area contributed by atoms with Crippen LogP contribution in [0.1, 0.15) is 35.3 Å². The fourth-order valence-electron chi connectivity index (χ4n) is 5.54. The number of hydrogen-bond acceptors (Lipinski definition) is 6. The highest BCUT2D eigenvalue weighted by Crippen LogP contribution is 2.29. The molecule has 1 aliphatic heterocycles. The number of carbonyl (C=O) groups is 1. The first-order chi connectivity index (χ1) is 21.7. The number of anilines is 2. The second-order valence-electron chi connectivity index (χ2n) is 12.2. The quantitative estimate of drug-likeness (QED) is 0.225. The van der Waals surface area contributed by atoms with Crippen molar-refractivity contribution in [3.63, 3.8) is 0 Å². The molecule has 0 saturated carbocycles. The molecule has 0 radical (unpaired) electrons. The molecule has 3 heterocycles. The van der Waals surface area contributed by atoms with Gasteiger partial charge in [0.05, 0.1) is 23.4 Å². The zero-order valence-corrected chi connectivity index (χ0v) is 26.2. The van der Waals surface area contributed by atoms with Crippen molar-refractivity contribution in [1.29, 1.82) is 5.26 Å². The Kier molecular flexibility index (Phi) is 8.20. The molecular weight excluding hydrogens is 558 g/mol. The van der Waals surface area contributed by atoms with Crippen LogP contribution in [-0.2, 0) is 5.41 Å². The van der Waals surface area contributed by atoms with Gasteiger partial charge in [-0.1, -0.05) is 30.3 Å². The third-order valence-electron chi connectivity index (χ3n) is 8.56. The van der Waals surface area contributed by atoms with Crippen molar-refractivity contribution < 1.29 is 4.79 Å². The zero-order chi connectivity index (χ0) is 31.6. The number of rotatable bonds is 7. The van der Waals surface area contributed by atoms with E-state index in [1.54, 1.807) is 12.1 Å². The van der Waals surface area contributed by atoms with Crippen molar-refractivity contribution in [2.24, 2.45) is 0 Å². The SMILES string of the molecule is Cc1ccc(NC(=O)c2cccc(C(C)(C)C#N)c2)cc1-n1cc(-c2cncc(-c3ccc(N4CCN(C)CC4)cc3)c2)cn1. The van der Waals surface area contributed by atoms with Gasteiger partial charge in [0.15, 0.2) is 0 Å². The summed E-state index contributed by atoms with van der Waals surface area (Å²) in [6.45, 7) is 9.95. The normalized spacial score (nSPS) is 13.8. The first-order valence-corrected chi connectivity index (χ1v) is 15.2. The number of likely N-dealkylation sites (N-methyl/N-ethyl adjacent to an activating group) is 1. The molecule has 0 bridgehead atoms. The van der Waals surface area contributed by atoms with Crippen LogP contribution in [0.25, 0.3) is 27.9 Å². The van der Waals surface area contributed by atoms with Crippen LogP contribution in [-0.4, -0.2) is 58.8 Å². The van der Waals surface area contributed by atoms with E-state index in [4.69, 9.17) is 0 Å². The summed E-state index contributed by atoms with van der Waals surface area (Å²) in [5, 5.41) is 17.2. The molecule has 0 spiro atoms. The van der Waals surface area contributed by atoms with Gasteiger partial charge in [-0.25, -0.2) is 4.68 Å². The first kappa shape index (κ1) is 29.8. The fourth-order valence-corrected chi connectivity index (χ4v) is 5.54. The van der Waals surface area contributed by atoms with Gasteiger partial charge >= 0.3 is 0 Å². The number of aromatic nitrogens is 3. The number of amides is 1. The maximum absolute atomic E-state index is 13.1. The van der Waals surface area contributed by atoms with Crippen molar-refractivity contribution in [1.82, 2.24) is 19.7 Å². The van der Waals surface area contributed by atoms with Crippen molar-refractivity contribution in [2.75, 3.05) is 43.4 Å². The maximum Gasteiger partial charge on any atom is 0.255 e. The predicted octanol–water partition coefficient (Wildman–Crippen LogP) is 6.72. The van der Waals surface area contributed by atoms with Crippen LogP contribution in [0.3, 0.4) is 0 Å². The molecule has 45 heavy (non-hydrogen) atoms. The molecule has 0 atom stereocenters. The van der Waals surface area contributed by atoms with Crippen LogP contribution in [0.4, 0.5) is 11.4 Å². The average Bonchev–Trinajstić information content (AvgIpc) is 3.56. The van der Waals surface area contributed by atoms with Crippen LogP contribution in [0.5, 0.6) is 0 Å². The minimum absolute atomic E-state index is 0.235. The highest BCUT2D eigenvalue weighted by Gasteiger charge is 2.21. The number of benzene rings is 3. The van der Waals surface area contributed by atoms with Gasteiger partial charge in [-0.3, -0.25) is 9.78 Å². The van der Waals surface area contributed by atoms with Gasteiger partial charge in [0.2, 0.25) is 0 Å². The molecule has 8 heteroatoms. The molecule has 3 aromatic carbocycles. The van der Waals surface area contributed by atoms with Gasteiger partial charge in [-0.2, -0.15) is 10.4 Å². The molecule has 1 amide bonds. The molecular formula is C37H37N7O. The van der Waals surface area contributed by atoms with Crippen molar-refractivity contribution >= 4 is 17.3 Å². The lowest BCUT2D eigenvalue weighted by atomic mass is 9.85. The molecule has 1 saturated heterocycles. The lowest BCUT2D eigenvalue weighted by Gasteiger charge is -2.34. The van der Waals surface area contributed by atoms with Crippen LogP contribution < -0.4 is 10.2 Å². The van der Waals surface area contributed by atoms with E-state index in [-0.39, 0.29) is 5.91 Å². The number of piperazine rings is 1. The third-order valence-corrected chi connectivity index (χ3v) is 8.56. The molecule has 6 rings (SSSR count). The van der Waals surface area contributed by atoms with E-state index in [0.29, 0.717) is 11.3 Å². The Morgan fingerprint density at radius 1 is 0.867 bits per heavy atom. The van der Waals surface area contributed by atoms with E-state index in [2.05, 4.69) is 68.6 Å². The Hall–Kier alpha value is -5.26. The van der Waals surface area contributed by atoms with Gasteiger partial charge in [0, 0.05) is 78.4 Å². The van der Waals surface area contributed by atoms with Crippen molar-refractivity contribution in [2.45, 2.75) is 26.2 Å².